The number of nitrogens with two attached hydrogens (primary N) is 1. The smallest absolute Gasteiger partial charge is 0.149 e. The standard InChI is InChI=1S/C14H26N4/c1-10(2)6-12(9-18(4)5)17-14-13(15)7-11(3)8-16-14/h7-8,10,12H,6,9,15H2,1-5H3,(H,16,17). The van der Waals surface area contributed by atoms with E-state index in [4.69, 9.17) is 5.73 Å². The van der Waals surface area contributed by atoms with Gasteiger partial charge < -0.3 is 16.0 Å². The maximum absolute atomic E-state index is 5.99. The molecule has 0 radical (unpaired) electrons. The Balaban J connectivity index is 2.75. The summed E-state index contributed by atoms with van der Waals surface area (Å²) in [5.41, 5.74) is 7.81. The van der Waals surface area contributed by atoms with Gasteiger partial charge in [-0.15, -0.1) is 0 Å². The molecule has 3 N–H and O–H groups in total. The third kappa shape index (κ3) is 4.92. The summed E-state index contributed by atoms with van der Waals surface area (Å²) >= 11 is 0. The molecule has 102 valence electrons. The second-order valence-electron chi connectivity index (χ2n) is 5.68. The summed E-state index contributed by atoms with van der Waals surface area (Å²) in [6, 6.07) is 2.33. The van der Waals surface area contributed by atoms with Crippen LogP contribution in [0.4, 0.5) is 11.5 Å². The Morgan fingerprint density at radius 3 is 2.56 bits per heavy atom. The van der Waals surface area contributed by atoms with Gasteiger partial charge in [-0.05, 0) is 45.0 Å². The Morgan fingerprint density at radius 2 is 2.06 bits per heavy atom. The Bertz CT molecular complexity index is 364. The average molecular weight is 250 g/mol. The van der Waals surface area contributed by atoms with Crippen LogP contribution in [0.15, 0.2) is 12.3 Å². The molecule has 0 saturated carbocycles. The van der Waals surface area contributed by atoms with E-state index < -0.39 is 0 Å². The average Bonchev–Trinajstić information content (AvgIpc) is 2.20. The SMILES string of the molecule is Cc1cnc(NC(CC(C)C)CN(C)C)c(N)c1. The zero-order valence-corrected chi connectivity index (χ0v) is 12.2. The summed E-state index contributed by atoms with van der Waals surface area (Å²) in [6.07, 6.45) is 2.95. The van der Waals surface area contributed by atoms with Crippen LogP contribution in [0, 0.1) is 12.8 Å². The highest BCUT2D eigenvalue weighted by molar-refractivity contribution is 5.62. The maximum Gasteiger partial charge on any atom is 0.149 e. The predicted octanol–water partition coefficient (Wildman–Crippen LogP) is 2.36. The van der Waals surface area contributed by atoms with Crippen molar-refractivity contribution in [2.45, 2.75) is 33.2 Å². The van der Waals surface area contributed by atoms with Gasteiger partial charge in [0.15, 0.2) is 0 Å². The minimum absolute atomic E-state index is 0.373. The fourth-order valence-electron chi connectivity index (χ4n) is 2.09. The van der Waals surface area contributed by atoms with E-state index in [-0.39, 0.29) is 0 Å². The molecule has 0 aliphatic carbocycles. The summed E-state index contributed by atoms with van der Waals surface area (Å²) in [7, 11) is 4.17. The van der Waals surface area contributed by atoms with Crippen LogP contribution in [0.1, 0.15) is 25.8 Å². The van der Waals surface area contributed by atoms with Gasteiger partial charge in [0.1, 0.15) is 5.82 Å². The van der Waals surface area contributed by atoms with Crippen LogP contribution in [0.2, 0.25) is 0 Å². The molecule has 4 heteroatoms. The normalized spacial score (nSPS) is 13.1. The van der Waals surface area contributed by atoms with Gasteiger partial charge in [0.25, 0.3) is 0 Å². The fraction of sp³-hybridized carbons (Fsp3) is 0.643. The van der Waals surface area contributed by atoms with Crippen molar-refractivity contribution in [1.82, 2.24) is 9.88 Å². The van der Waals surface area contributed by atoms with E-state index in [1.807, 2.05) is 19.2 Å². The third-order valence-electron chi connectivity index (χ3n) is 2.74. The van der Waals surface area contributed by atoms with Crippen LogP contribution >= 0.6 is 0 Å². The summed E-state index contributed by atoms with van der Waals surface area (Å²) in [5, 5.41) is 3.46. The molecule has 1 rings (SSSR count). The zero-order chi connectivity index (χ0) is 13.7. The van der Waals surface area contributed by atoms with Crippen LogP contribution < -0.4 is 11.1 Å². The number of nitrogen functional groups attached to an aromatic ring is 1. The lowest BCUT2D eigenvalue weighted by molar-refractivity contribution is 0.356. The van der Waals surface area contributed by atoms with Gasteiger partial charge in [-0.2, -0.15) is 0 Å². The molecule has 1 unspecified atom stereocenters. The Labute approximate surface area is 111 Å². The van der Waals surface area contributed by atoms with E-state index in [1.54, 1.807) is 0 Å². The molecule has 18 heavy (non-hydrogen) atoms. The van der Waals surface area contributed by atoms with E-state index in [1.165, 1.54) is 0 Å². The van der Waals surface area contributed by atoms with Gasteiger partial charge in [0.2, 0.25) is 0 Å². The lowest BCUT2D eigenvalue weighted by Gasteiger charge is -2.25. The quantitative estimate of drug-likeness (QED) is 0.814. The molecule has 0 bridgehead atoms. The van der Waals surface area contributed by atoms with Crippen molar-refractivity contribution >= 4 is 11.5 Å². The Hall–Kier alpha value is -1.29. The second kappa shape index (κ2) is 6.59. The highest BCUT2D eigenvalue weighted by Gasteiger charge is 2.13. The van der Waals surface area contributed by atoms with Crippen molar-refractivity contribution in [1.29, 1.82) is 0 Å². The van der Waals surface area contributed by atoms with E-state index in [0.717, 1.165) is 30.0 Å². The summed E-state index contributed by atoms with van der Waals surface area (Å²) in [6.45, 7) is 7.44. The lowest BCUT2D eigenvalue weighted by atomic mass is 10.0. The summed E-state index contributed by atoms with van der Waals surface area (Å²) in [5.74, 6) is 1.45. The molecule has 4 nitrogen and oxygen atoms in total. The van der Waals surface area contributed by atoms with Crippen molar-refractivity contribution in [3.05, 3.63) is 17.8 Å². The fourth-order valence-corrected chi connectivity index (χ4v) is 2.09. The molecule has 0 aromatic carbocycles. The van der Waals surface area contributed by atoms with Crippen molar-refractivity contribution in [3.63, 3.8) is 0 Å². The van der Waals surface area contributed by atoms with Crippen LogP contribution in [0.25, 0.3) is 0 Å². The first-order chi connectivity index (χ1) is 8.38. The van der Waals surface area contributed by atoms with Gasteiger partial charge in [0.05, 0.1) is 5.69 Å². The molecule has 1 aromatic heterocycles. The van der Waals surface area contributed by atoms with Crippen molar-refractivity contribution in [2.24, 2.45) is 5.92 Å². The van der Waals surface area contributed by atoms with Crippen LogP contribution in [-0.4, -0.2) is 36.6 Å². The molecule has 0 fully saturated rings. The maximum atomic E-state index is 5.99. The van der Waals surface area contributed by atoms with E-state index >= 15 is 0 Å². The third-order valence-corrected chi connectivity index (χ3v) is 2.74. The highest BCUT2D eigenvalue weighted by Crippen LogP contribution is 2.19. The summed E-state index contributed by atoms with van der Waals surface area (Å²) in [4.78, 5) is 6.56. The molecule has 0 aliphatic rings. The number of pyridine rings is 1. The molecule has 0 saturated heterocycles. The summed E-state index contributed by atoms with van der Waals surface area (Å²) < 4.78 is 0. The number of aryl methyl sites for hydroxylation is 1. The number of nitrogens with one attached hydrogen (secondary N) is 1. The van der Waals surface area contributed by atoms with Crippen LogP contribution in [-0.2, 0) is 0 Å². The minimum Gasteiger partial charge on any atom is -0.396 e. The van der Waals surface area contributed by atoms with Gasteiger partial charge >= 0.3 is 0 Å². The largest absolute Gasteiger partial charge is 0.396 e. The molecular weight excluding hydrogens is 224 g/mol. The molecular formula is C14H26N4. The number of nitrogens with zero attached hydrogens (tertiary/aromatic N) is 2. The van der Waals surface area contributed by atoms with Gasteiger partial charge in [0, 0.05) is 18.8 Å². The zero-order valence-electron chi connectivity index (χ0n) is 12.2. The molecule has 0 aliphatic heterocycles. The van der Waals surface area contributed by atoms with Crippen molar-refractivity contribution < 1.29 is 0 Å². The number of rotatable bonds is 6. The number of anilines is 2. The number of hydrogen-bond acceptors (Lipinski definition) is 4. The van der Waals surface area contributed by atoms with Gasteiger partial charge in [-0.3, -0.25) is 0 Å². The number of aromatic nitrogens is 1. The van der Waals surface area contributed by atoms with E-state index in [0.29, 0.717) is 12.0 Å². The highest BCUT2D eigenvalue weighted by atomic mass is 15.1. The molecule has 1 heterocycles. The molecule has 0 spiro atoms. The van der Waals surface area contributed by atoms with E-state index in [2.05, 4.69) is 43.1 Å². The first-order valence-corrected chi connectivity index (χ1v) is 6.52. The molecule has 1 aromatic rings. The topological polar surface area (TPSA) is 54.2 Å². The minimum atomic E-state index is 0.373. The molecule has 1 atom stereocenters. The second-order valence-corrected chi connectivity index (χ2v) is 5.68. The predicted molar refractivity (Wildman–Crippen MR) is 78.8 cm³/mol. The monoisotopic (exact) mass is 250 g/mol. The van der Waals surface area contributed by atoms with Gasteiger partial charge in [-0.1, -0.05) is 13.8 Å². The van der Waals surface area contributed by atoms with Gasteiger partial charge in [-0.25, -0.2) is 4.98 Å². The van der Waals surface area contributed by atoms with Crippen molar-refractivity contribution in [3.8, 4) is 0 Å². The Morgan fingerprint density at radius 1 is 1.39 bits per heavy atom. The van der Waals surface area contributed by atoms with Crippen LogP contribution in [0.5, 0.6) is 0 Å². The first kappa shape index (κ1) is 14.8. The van der Waals surface area contributed by atoms with E-state index in [9.17, 15) is 0 Å². The number of hydrogen-bond donors (Lipinski definition) is 2. The van der Waals surface area contributed by atoms with Crippen LogP contribution in [0.3, 0.4) is 0 Å². The lowest BCUT2D eigenvalue weighted by Crippen LogP contribution is -2.34. The van der Waals surface area contributed by atoms with Crippen molar-refractivity contribution in [2.75, 3.05) is 31.7 Å². The first-order valence-electron chi connectivity index (χ1n) is 6.52. The Kier molecular flexibility index (Phi) is 5.41. The molecule has 0 amide bonds. The number of likely N-dealkylation sites (N-methyl/N-ethyl adjacent to an activating group) is 1.